The van der Waals surface area contributed by atoms with Crippen molar-refractivity contribution in [1.29, 1.82) is 5.26 Å². The van der Waals surface area contributed by atoms with Gasteiger partial charge in [0.2, 0.25) is 5.90 Å². The van der Waals surface area contributed by atoms with Crippen LogP contribution in [-0.4, -0.2) is 24.5 Å². The predicted octanol–water partition coefficient (Wildman–Crippen LogP) is 3.25. The van der Waals surface area contributed by atoms with E-state index in [0.717, 1.165) is 11.1 Å². The van der Waals surface area contributed by atoms with Gasteiger partial charge in [-0.05, 0) is 26.3 Å². The van der Waals surface area contributed by atoms with E-state index < -0.39 is 5.41 Å². The number of aryl methyl sites for hydroxylation is 1. The van der Waals surface area contributed by atoms with Crippen LogP contribution < -0.4 is 0 Å². The monoisotopic (exact) mass is 283 g/mol. The molecule has 0 aromatic heterocycles. The molecule has 1 aliphatic rings. The Kier molecular flexibility index (Phi) is 4.32. The average molecular weight is 283 g/mol. The molecule has 1 heterocycles. The maximum Gasteiger partial charge on any atom is 0.217 e. The average Bonchev–Trinajstić information content (AvgIpc) is 2.47. The molecule has 0 N–H and O–H groups in total. The van der Waals surface area contributed by atoms with E-state index in [0.29, 0.717) is 19.2 Å². The molecular formula is C17H21N3O. The van der Waals surface area contributed by atoms with Crippen LogP contribution in [-0.2, 0) is 11.3 Å². The smallest absolute Gasteiger partial charge is 0.217 e. The van der Waals surface area contributed by atoms with Crippen molar-refractivity contribution in [3.63, 3.8) is 0 Å². The number of aliphatic imine (C=N–C) groups is 1. The lowest BCUT2D eigenvalue weighted by Crippen LogP contribution is -2.30. The Morgan fingerprint density at radius 2 is 2.00 bits per heavy atom. The number of nitrogens with zero attached hydrogens (tertiary/aromatic N) is 3. The van der Waals surface area contributed by atoms with Crippen LogP contribution in [0.25, 0.3) is 0 Å². The van der Waals surface area contributed by atoms with Gasteiger partial charge in [0, 0.05) is 18.8 Å². The number of hydrogen-bond donors (Lipinski definition) is 0. The topological polar surface area (TPSA) is 48.6 Å². The van der Waals surface area contributed by atoms with Crippen molar-refractivity contribution in [3.8, 4) is 6.07 Å². The fourth-order valence-electron chi connectivity index (χ4n) is 2.03. The van der Waals surface area contributed by atoms with E-state index in [9.17, 15) is 5.26 Å². The summed E-state index contributed by atoms with van der Waals surface area (Å²) in [5.74, 6) is 0.570. The Balaban J connectivity index is 2.13. The van der Waals surface area contributed by atoms with Crippen molar-refractivity contribution in [1.82, 2.24) is 4.90 Å². The van der Waals surface area contributed by atoms with E-state index in [1.54, 1.807) is 0 Å². The van der Waals surface area contributed by atoms with Gasteiger partial charge in [0.25, 0.3) is 0 Å². The summed E-state index contributed by atoms with van der Waals surface area (Å²) in [6.45, 7) is 6.82. The highest BCUT2D eigenvalue weighted by Gasteiger charge is 2.30. The van der Waals surface area contributed by atoms with E-state index in [-0.39, 0.29) is 0 Å². The van der Waals surface area contributed by atoms with Crippen LogP contribution in [0, 0.1) is 23.7 Å². The molecule has 0 radical (unpaired) electrons. The van der Waals surface area contributed by atoms with Gasteiger partial charge in [-0.2, -0.15) is 5.26 Å². The molecule has 1 aromatic rings. The normalized spacial score (nSPS) is 15.1. The quantitative estimate of drug-likeness (QED) is 0.855. The number of ether oxygens (including phenoxy) is 1. The summed E-state index contributed by atoms with van der Waals surface area (Å²) in [4.78, 5) is 6.39. The van der Waals surface area contributed by atoms with Crippen LogP contribution >= 0.6 is 0 Å². The third kappa shape index (κ3) is 3.63. The van der Waals surface area contributed by atoms with Crippen molar-refractivity contribution >= 4 is 5.90 Å². The van der Waals surface area contributed by atoms with Gasteiger partial charge in [0.15, 0.2) is 0 Å². The molecule has 0 saturated carbocycles. The molecule has 4 nitrogen and oxygen atoms in total. The minimum Gasteiger partial charge on any atom is -0.473 e. The largest absolute Gasteiger partial charge is 0.473 e. The maximum absolute atomic E-state index is 9.35. The first-order chi connectivity index (χ1) is 9.92. The van der Waals surface area contributed by atoms with Gasteiger partial charge in [0.1, 0.15) is 13.3 Å². The molecule has 0 unspecified atom stereocenters. The van der Waals surface area contributed by atoms with Gasteiger partial charge in [-0.15, -0.1) is 0 Å². The summed E-state index contributed by atoms with van der Waals surface area (Å²) in [5.41, 5.74) is 2.52. The molecule has 0 amide bonds. The van der Waals surface area contributed by atoms with Crippen LogP contribution in [0.1, 0.15) is 25.0 Å². The zero-order valence-electron chi connectivity index (χ0n) is 13.1. The van der Waals surface area contributed by atoms with Crippen LogP contribution in [0.15, 0.2) is 41.0 Å². The van der Waals surface area contributed by atoms with Gasteiger partial charge >= 0.3 is 0 Å². The zero-order chi connectivity index (χ0) is 15.5. The van der Waals surface area contributed by atoms with Crippen LogP contribution in [0.3, 0.4) is 0 Å². The molecule has 1 aliphatic heterocycles. The number of nitriles is 1. The maximum atomic E-state index is 9.35. The molecule has 4 heteroatoms. The van der Waals surface area contributed by atoms with Gasteiger partial charge < -0.3 is 9.64 Å². The molecular weight excluding hydrogens is 262 g/mol. The van der Waals surface area contributed by atoms with E-state index >= 15 is 0 Å². The predicted molar refractivity (Wildman–Crippen MR) is 83.5 cm³/mol. The van der Waals surface area contributed by atoms with Crippen molar-refractivity contribution in [2.75, 3.05) is 13.7 Å². The van der Waals surface area contributed by atoms with Crippen LogP contribution in [0.4, 0.5) is 0 Å². The number of rotatable bonds is 3. The highest BCUT2D eigenvalue weighted by molar-refractivity contribution is 5.95. The Morgan fingerprint density at radius 1 is 1.33 bits per heavy atom. The van der Waals surface area contributed by atoms with Crippen LogP contribution in [0.5, 0.6) is 0 Å². The van der Waals surface area contributed by atoms with Crippen molar-refractivity contribution in [2.24, 2.45) is 10.4 Å². The minimum atomic E-state index is -0.624. The van der Waals surface area contributed by atoms with Gasteiger partial charge in [-0.1, -0.05) is 29.8 Å². The fraction of sp³-hybridized carbons (Fsp3) is 0.412. The van der Waals surface area contributed by atoms with Gasteiger partial charge in [0.05, 0.1) is 11.5 Å². The summed E-state index contributed by atoms with van der Waals surface area (Å²) in [7, 11) is 1.94. The third-order valence-electron chi connectivity index (χ3n) is 3.47. The van der Waals surface area contributed by atoms with Crippen molar-refractivity contribution < 1.29 is 4.74 Å². The van der Waals surface area contributed by atoms with Crippen LogP contribution in [0.2, 0.25) is 0 Å². The summed E-state index contributed by atoms with van der Waals surface area (Å²) < 4.78 is 5.86. The van der Waals surface area contributed by atoms with Crippen molar-refractivity contribution in [3.05, 3.63) is 47.2 Å². The van der Waals surface area contributed by atoms with E-state index in [1.165, 1.54) is 5.56 Å². The first-order valence-corrected chi connectivity index (χ1v) is 6.99. The van der Waals surface area contributed by atoms with E-state index in [1.807, 2.05) is 44.1 Å². The first-order valence-electron chi connectivity index (χ1n) is 6.99. The number of benzene rings is 1. The van der Waals surface area contributed by atoms with Crippen molar-refractivity contribution in [2.45, 2.75) is 27.4 Å². The summed E-state index contributed by atoms with van der Waals surface area (Å²) in [5, 5.41) is 9.35. The lowest BCUT2D eigenvalue weighted by Gasteiger charge is -2.28. The Labute approximate surface area is 126 Å². The second-order valence-electron chi connectivity index (χ2n) is 5.92. The van der Waals surface area contributed by atoms with E-state index in [2.05, 4.69) is 30.1 Å². The molecule has 0 saturated heterocycles. The summed E-state index contributed by atoms with van der Waals surface area (Å²) >= 11 is 0. The fourth-order valence-corrected chi connectivity index (χ4v) is 2.03. The standard InChI is InChI=1S/C17H21N3O/c1-13-5-7-14(8-6-13)10-21-16-15(17(2,3)11-18)9-20(4)12-19-16/h5-9H,10,12H2,1-4H3. The molecule has 0 aliphatic carbocycles. The molecule has 110 valence electrons. The van der Waals surface area contributed by atoms with Gasteiger partial charge in [-0.3, -0.25) is 0 Å². The highest BCUT2D eigenvalue weighted by Crippen LogP contribution is 2.29. The second kappa shape index (κ2) is 6.01. The third-order valence-corrected chi connectivity index (χ3v) is 3.47. The Morgan fingerprint density at radius 3 is 2.62 bits per heavy atom. The molecule has 2 rings (SSSR count). The summed E-state index contributed by atoms with van der Waals surface area (Å²) in [6, 6.07) is 10.5. The lowest BCUT2D eigenvalue weighted by molar-refractivity contribution is 0.277. The number of hydrogen-bond acceptors (Lipinski definition) is 4. The zero-order valence-corrected chi connectivity index (χ0v) is 13.1. The summed E-state index contributed by atoms with van der Waals surface area (Å²) in [6.07, 6.45) is 1.95. The molecule has 0 bridgehead atoms. The van der Waals surface area contributed by atoms with Gasteiger partial charge in [-0.25, -0.2) is 4.99 Å². The molecule has 1 aromatic carbocycles. The lowest BCUT2D eigenvalue weighted by atomic mass is 9.85. The molecule has 0 fully saturated rings. The first kappa shape index (κ1) is 15.1. The SMILES string of the molecule is Cc1ccc(COC2=NCN(C)C=C2C(C)(C)C#N)cc1. The molecule has 21 heavy (non-hydrogen) atoms. The molecule has 0 atom stereocenters. The molecule has 0 spiro atoms. The second-order valence-corrected chi connectivity index (χ2v) is 5.92. The Hall–Kier alpha value is -2.28. The highest BCUT2D eigenvalue weighted by atomic mass is 16.5. The minimum absolute atomic E-state index is 0.460. The van der Waals surface area contributed by atoms with E-state index in [4.69, 9.17) is 4.74 Å². The Bertz CT molecular complexity index is 606.